The van der Waals surface area contributed by atoms with Gasteiger partial charge in [-0.05, 0) is 43.5 Å². The van der Waals surface area contributed by atoms with Gasteiger partial charge >= 0.3 is 0 Å². The fraction of sp³-hybridized carbons (Fsp3) is 0.300. The van der Waals surface area contributed by atoms with Crippen LogP contribution in [0.15, 0.2) is 45.0 Å². The van der Waals surface area contributed by atoms with E-state index in [4.69, 9.17) is 9.15 Å². The van der Waals surface area contributed by atoms with Crippen molar-refractivity contribution in [1.29, 1.82) is 0 Å². The Hall–Kier alpha value is -2.69. The number of amides is 1. The van der Waals surface area contributed by atoms with Crippen LogP contribution in [0.1, 0.15) is 18.4 Å². The molecule has 0 aliphatic heterocycles. The predicted octanol–water partition coefficient (Wildman–Crippen LogP) is 3.54. The summed E-state index contributed by atoms with van der Waals surface area (Å²) >= 11 is 1.50. The number of oxazole rings is 1. The quantitative estimate of drug-likeness (QED) is 0.564. The van der Waals surface area contributed by atoms with Gasteiger partial charge in [0.1, 0.15) is 16.4 Å². The first-order valence-electron chi connectivity index (χ1n) is 9.21. The van der Waals surface area contributed by atoms with Crippen LogP contribution in [0, 0.1) is 6.92 Å². The molecule has 0 aliphatic rings. The van der Waals surface area contributed by atoms with Crippen molar-refractivity contribution in [1.82, 2.24) is 9.29 Å². The molecule has 0 saturated carbocycles. The number of carbonyl (C=O) groups is 1. The summed E-state index contributed by atoms with van der Waals surface area (Å²) in [5.41, 5.74) is 0.881. The molecular formula is C20H23N3O5S2. The molecule has 3 rings (SSSR count). The fourth-order valence-electron chi connectivity index (χ4n) is 2.71. The third-order valence-corrected chi connectivity index (χ3v) is 6.93. The van der Waals surface area contributed by atoms with Gasteiger partial charge in [-0.25, -0.2) is 17.7 Å². The van der Waals surface area contributed by atoms with Crippen LogP contribution in [0.25, 0.3) is 10.8 Å². The maximum absolute atomic E-state index is 12.6. The van der Waals surface area contributed by atoms with Crippen molar-refractivity contribution in [2.24, 2.45) is 0 Å². The average Bonchev–Trinajstić information content (AvgIpc) is 3.33. The largest absolute Gasteiger partial charge is 0.492 e. The van der Waals surface area contributed by atoms with Crippen molar-refractivity contribution in [3.63, 3.8) is 0 Å². The number of aryl methyl sites for hydroxylation is 1. The molecule has 2 aromatic heterocycles. The Morgan fingerprint density at radius 3 is 2.70 bits per heavy atom. The molecule has 0 aliphatic carbocycles. The molecule has 0 fully saturated rings. The normalized spacial score (nSPS) is 11.6. The predicted molar refractivity (Wildman–Crippen MR) is 115 cm³/mol. The number of anilines is 1. The number of rotatable bonds is 8. The van der Waals surface area contributed by atoms with Gasteiger partial charge < -0.3 is 14.5 Å². The number of nitrogens with one attached hydrogen (secondary N) is 1. The van der Waals surface area contributed by atoms with E-state index in [1.54, 1.807) is 19.9 Å². The molecule has 8 nitrogen and oxygen atoms in total. The van der Waals surface area contributed by atoms with E-state index in [-0.39, 0.29) is 23.0 Å². The zero-order chi connectivity index (χ0) is 21.9. The van der Waals surface area contributed by atoms with E-state index in [0.717, 1.165) is 9.18 Å². The molecule has 1 N–H and O–H groups in total. The van der Waals surface area contributed by atoms with Crippen LogP contribution < -0.4 is 10.1 Å². The summed E-state index contributed by atoms with van der Waals surface area (Å²) in [5, 5.41) is 4.65. The van der Waals surface area contributed by atoms with Crippen LogP contribution in [0.2, 0.25) is 0 Å². The summed E-state index contributed by atoms with van der Waals surface area (Å²) in [7, 11) is -0.866. The maximum atomic E-state index is 12.6. The van der Waals surface area contributed by atoms with Crippen LogP contribution in [0.3, 0.4) is 0 Å². The van der Waals surface area contributed by atoms with Gasteiger partial charge in [0.25, 0.3) is 0 Å². The Balaban J connectivity index is 1.80. The average molecular weight is 450 g/mol. The summed E-state index contributed by atoms with van der Waals surface area (Å²) in [6.07, 6.45) is 0.00365. The first-order valence-corrected chi connectivity index (χ1v) is 11.5. The van der Waals surface area contributed by atoms with Crippen LogP contribution >= 0.6 is 11.3 Å². The highest BCUT2D eigenvalue weighted by Gasteiger charge is 2.23. The number of ether oxygens (including phenoxy) is 1. The molecule has 0 unspecified atom stereocenters. The minimum absolute atomic E-state index is 0.00365. The zero-order valence-corrected chi connectivity index (χ0v) is 18.8. The molecule has 1 aromatic carbocycles. The van der Waals surface area contributed by atoms with Gasteiger partial charge in [-0.2, -0.15) is 0 Å². The molecule has 3 aromatic rings. The summed E-state index contributed by atoms with van der Waals surface area (Å²) in [5.74, 6) is 0.945. The zero-order valence-electron chi connectivity index (χ0n) is 17.1. The minimum Gasteiger partial charge on any atom is -0.492 e. The lowest BCUT2D eigenvalue weighted by Crippen LogP contribution is -2.23. The molecular weight excluding hydrogens is 426 g/mol. The molecule has 0 radical (unpaired) electrons. The number of aromatic nitrogens is 1. The van der Waals surface area contributed by atoms with Crippen molar-refractivity contribution < 1.29 is 22.4 Å². The third-order valence-electron chi connectivity index (χ3n) is 4.24. The second kappa shape index (κ2) is 8.99. The van der Waals surface area contributed by atoms with Gasteiger partial charge in [-0.15, -0.1) is 11.3 Å². The number of hydrogen-bond acceptors (Lipinski definition) is 7. The number of benzene rings is 1. The van der Waals surface area contributed by atoms with Gasteiger partial charge in [0.2, 0.25) is 21.8 Å². The van der Waals surface area contributed by atoms with E-state index in [1.807, 2.05) is 17.5 Å². The van der Waals surface area contributed by atoms with Crippen molar-refractivity contribution in [3.05, 3.63) is 47.2 Å². The molecule has 0 atom stereocenters. The van der Waals surface area contributed by atoms with E-state index in [1.165, 1.54) is 37.6 Å². The van der Waals surface area contributed by atoms with Crippen molar-refractivity contribution in [3.8, 4) is 16.5 Å². The van der Waals surface area contributed by atoms with Crippen molar-refractivity contribution in [2.45, 2.75) is 25.2 Å². The van der Waals surface area contributed by atoms with Crippen LogP contribution in [-0.4, -0.2) is 44.3 Å². The monoisotopic (exact) mass is 449 g/mol. The first kappa shape index (κ1) is 22.0. The van der Waals surface area contributed by atoms with Crippen LogP contribution in [-0.2, 0) is 21.2 Å². The van der Waals surface area contributed by atoms with Gasteiger partial charge in [-0.3, -0.25) is 4.79 Å². The Kier molecular flexibility index (Phi) is 6.59. The Labute approximate surface area is 179 Å². The highest BCUT2D eigenvalue weighted by Crippen LogP contribution is 2.30. The third kappa shape index (κ3) is 4.72. The van der Waals surface area contributed by atoms with Crippen molar-refractivity contribution in [2.75, 3.05) is 26.0 Å². The van der Waals surface area contributed by atoms with Gasteiger partial charge in [0, 0.05) is 19.8 Å². The SMILES string of the molecule is CCOc1ccc(NC(=O)Cc2nc(-c3cccs3)oc2C)cc1S(=O)(=O)N(C)C. The molecule has 0 saturated heterocycles. The lowest BCUT2D eigenvalue weighted by Gasteiger charge is -2.16. The molecule has 10 heteroatoms. The Morgan fingerprint density at radius 2 is 2.07 bits per heavy atom. The van der Waals surface area contributed by atoms with Gasteiger partial charge in [0.15, 0.2) is 0 Å². The lowest BCUT2D eigenvalue weighted by atomic mass is 10.2. The topological polar surface area (TPSA) is 102 Å². The highest BCUT2D eigenvalue weighted by atomic mass is 32.2. The van der Waals surface area contributed by atoms with Crippen LogP contribution in [0.5, 0.6) is 5.75 Å². The summed E-state index contributed by atoms with van der Waals surface area (Å²) in [6, 6.07) is 8.32. The molecule has 1 amide bonds. The Bertz CT molecular complexity index is 1140. The van der Waals surface area contributed by atoms with Gasteiger partial charge in [-0.1, -0.05) is 6.07 Å². The maximum Gasteiger partial charge on any atom is 0.246 e. The lowest BCUT2D eigenvalue weighted by molar-refractivity contribution is -0.115. The number of carbonyl (C=O) groups excluding carboxylic acids is 1. The molecule has 160 valence electrons. The standard InChI is InChI=1S/C20H23N3O5S2/c1-5-27-16-9-8-14(11-18(16)30(25,26)23(3)4)21-19(24)12-15-13(2)28-20(22-15)17-7-6-10-29-17/h6-11H,5,12H2,1-4H3,(H,21,24). The second-order valence-corrected chi connectivity index (χ2v) is 9.67. The van der Waals surface area contributed by atoms with E-state index in [9.17, 15) is 13.2 Å². The van der Waals surface area contributed by atoms with Crippen LogP contribution in [0.4, 0.5) is 5.69 Å². The fourth-order valence-corrected chi connectivity index (χ4v) is 4.41. The number of thiophene rings is 1. The molecule has 30 heavy (non-hydrogen) atoms. The van der Waals surface area contributed by atoms with E-state index in [2.05, 4.69) is 10.3 Å². The molecule has 0 spiro atoms. The first-order chi connectivity index (χ1) is 14.2. The molecule has 2 heterocycles. The summed E-state index contributed by atoms with van der Waals surface area (Å²) in [6.45, 7) is 3.84. The van der Waals surface area contributed by atoms with Gasteiger partial charge in [0.05, 0.1) is 23.6 Å². The van der Waals surface area contributed by atoms with Crippen molar-refractivity contribution >= 4 is 33.0 Å². The smallest absolute Gasteiger partial charge is 0.246 e. The second-order valence-electron chi connectivity index (χ2n) is 6.61. The number of hydrogen-bond donors (Lipinski definition) is 1. The number of sulfonamides is 1. The summed E-state index contributed by atoms with van der Waals surface area (Å²) < 4.78 is 37.5. The minimum atomic E-state index is -3.74. The molecule has 0 bridgehead atoms. The van der Waals surface area contributed by atoms with E-state index >= 15 is 0 Å². The van der Waals surface area contributed by atoms with E-state index < -0.39 is 10.0 Å². The highest BCUT2D eigenvalue weighted by molar-refractivity contribution is 7.89. The Morgan fingerprint density at radius 1 is 1.30 bits per heavy atom. The van der Waals surface area contributed by atoms with E-state index in [0.29, 0.717) is 29.6 Å². The number of nitrogens with zero attached hydrogens (tertiary/aromatic N) is 2. The summed E-state index contributed by atoms with van der Waals surface area (Å²) in [4.78, 5) is 17.8.